The van der Waals surface area contributed by atoms with E-state index in [4.69, 9.17) is 0 Å². The zero-order chi connectivity index (χ0) is 13.9. The molecule has 20 heavy (non-hydrogen) atoms. The molecule has 0 fully saturated rings. The highest BCUT2D eigenvalue weighted by Gasteiger charge is 2.15. The van der Waals surface area contributed by atoms with Gasteiger partial charge >= 0.3 is 0 Å². The minimum Gasteiger partial charge on any atom is -0.358 e. The third kappa shape index (κ3) is 2.03. The van der Waals surface area contributed by atoms with Crippen LogP contribution in [0.4, 0.5) is 0 Å². The lowest BCUT2D eigenvalue weighted by Crippen LogP contribution is -1.94. The number of fused-ring (bicyclic) bond motifs is 1. The first-order valence-electron chi connectivity index (χ1n) is 7.02. The average Bonchev–Trinajstić information content (AvgIpc) is 2.88. The summed E-state index contributed by atoms with van der Waals surface area (Å²) in [6.07, 6.45) is 4.98. The number of allylic oxidation sites excluding steroid dienone is 1. The molecule has 3 aromatic rings. The van der Waals surface area contributed by atoms with Crippen molar-refractivity contribution >= 4 is 16.5 Å². The first-order chi connectivity index (χ1) is 9.85. The van der Waals surface area contributed by atoms with Gasteiger partial charge < -0.3 is 4.98 Å². The maximum Gasteiger partial charge on any atom is 0.0705 e. The number of rotatable bonds is 3. The number of benzene rings is 1. The monoisotopic (exact) mass is 262 g/mol. The molecule has 0 amide bonds. The molecule has 2 heterocycles. The van der Waals surface area contributed by atoms with E-state index >= 15 is 0 Å². The lowest BCUT2D eigenvalue weighted by Gasteiger charge is -2.08. The highest BCUT2D eigenvalue weighted by atomic mass is 14.7. The first kappa shape index (κ1) is 12.7. The summed E-state index contributed by atoms with van der Waals surface area (Å²) in [6, 6.07) is 14.5. The zero-order valence-electron chi connectivity index (χ0n) is 11.9. The normalized spacial score (nSPS) is 12.0. The standard InChI is InChI=1S/C18H18N2/c1-3-13(16-10-7-8-12-19-16)18-14-9-5-6-11-17(14)20-15(18)4-2/h3,5-12,20H,4H2,1-2H3/b13-3+. The van der Waals surface area contributed by atoms with E-state index in [9.17, 15) is 0 Å². The Hall–Kier alpha value is -2.35. The molecule has 0 radical (unpaired) electrons. The van der Waals surface area contributed by atoms with E-state index < -0.39 is 0 Å². The van der Waals surface area contributed by atoms with Gasteiger partial charge in [0.05, 0.1) is 5.69 Å². The second-order valence-electron chi connectivity index (χ2n) is 4.80. The van der Waals surface area contributed by atoms with Crippen LogP contribution in [-0.2, 0) is 6.42 Å². The topological polar surface area (TPSA) is 28.7 Å². The molecule has 0 atom stereocenters. The Balaban J connectivity index is 2.27. The van der Waals surface area contributed by atoms with Gasteiger partial charge in [0.2, 0.25) is 0 Å². The predicted molar refractivity (Wildman–Crippen MR) is 84.7 cm³/mol. The first-order valence-corrected chi connectivity index (χ1v) is 7.02. The molecule has 1 N–H and O–H groups in total. The van der Waals surface area contributed by atoms with Crippen molar-refractivity contribution in [2.45, 2.75) is 20.3 Å². The Labute approximate surface area is 119 Å². The van der Waals surface area contributed by atoms with Crippen LogP contribution in [0.15, 0.2) is 54.7 Å². The van der Waals surface area contributed by atoms with E-state index in [1.165, 1.54) is 27.7 Å². The van der Waals surface area contributed by atoms with Crippen molar-refractivity contribution in [1.29, 1.82) is 0 Å². The maximum absolute atomic E-state index is 4.51. The van der Waals surface area contributed by atoms with Crippen LogP contribution in [0.1, 0.15) is 30.8 Å². The van der Waals surface area contributed by atoms with E-state index in [1.54, 1.807) is 0 Å². The molecule has 0 saturated heterocycles. The van der Waals surface area contributed by atoms with E-state index in [-0.39, 0.29) is 0 Å². The van der Waals surface area contributed by atoms with Gasteiger partial charge in [-0.05, 0) is 31.5 Å². The summed E-state index contributed by atoms with van der Waals surface area (Å²) in [5.41, 5.74) is 5.96. The summed E-state index contributed by atoms with van der Waals surface area (Å²) >= 11 is 0. The van der Waals surface area contributed by atoms with Gasteiger partial charge in [-0.1, -0.05) is 37.3 Å². The molecule has 0 spiro atoms. The largest absolute Gasteiger partial charge is 0.358 e. The summed E-state index contributed by atoms with van der Waals surface area (Å²) in [5.74, 6) is 0. The van der Waals surface area contributed by atoms with Crippen molar-refractivity contribution < 1.29 is 0 Å². The number of para-hydroxylation sites is 1. The minimum absolute atomic E-state index is 0.980. The van der Waals surface area contributed by atoms with Gasteiger partial charge in [0.15, 0.2) is 0 Å². The summed E-state index contributed by atoms with van der Waals surface area (Å²) < 4.78 is 0. The van der Waals surface area contributed by atoms with Crippen molar-refractivity contribution in [3.8, 4) is 0 Å². The number of hydrogen-bond donors (Lipinski definition) is 1. The van der Waals surface area contributed by atoms with Crippen LogP contribution in [0.3, 0.4) is 0 Å². The Morgan fingerprint density at radius 2 is 1.95 bits per heavy atom. The Morgan fingerprint density at radius 3 is 2.65 bits per heavy atom. The molecule has 0 unspecified atom stereocenters. The molecular formula is C18H18N2. The minimum atomic E-state index is 0.980. The van der Waals surface area contributed by atoms with Gasteiger partial charge in [0, 0.05) is 33.9 Å². The highest BCUT2D eigenvalue weighted by molar-refractivity contribution is 5.97. The molecule has 1 aromatic carbocycles. The van der Waals surface area contributed by atoms with Crippen molar-refractivity contribution in [2.75, 3.05) is 0 Å². The number of aryl methyl sites for hydroxylation is 1. The molecule has 2 nitrogen and oxygen atoms in total. The van der Waals surface area contributed by atoms with Crippen molar-refractivity contribution in [3.63, 3.8) is 0 Å². The van der Waals surface area contributed by atoms with E-state index in [1.807, 2.05) is 18.3 Å². The Morgan fingerprint density at radius 1 is 1.15 bits per heavy atom. The lowest BCUT2D eigenvalue weighted by molar-refractivity contribution is 1.06. The zero-order valence-corrected chi connectivity index (χ0v) is 11.9. The molecule has 2 aromatic heterocycles. The molecule has 100 valence electrons. The van der Waals surface area contributed by atoms with E-state index in [2.05, 4.69) is 60.2 Å². The third-order valence-electron chi connectivity index (χ3n) is 3.64. The number of hydrogen-bond acceptors (Lipinski definition) is 1. The van der Waals surface area contributed by atoms with Crippen molar-refractivity contribution in [2.24, 2.45) is 0 Å². The van der Waals surface area contributed by atoms with Crippen LogP contribution < -0.4 is 0 Å². The molecule has 2 heteroatoms. The van der Waals surface area contributed by atoms with Crippen molar-refractivity contribution in [3.05, 3.63) is 71.7 Å². The van der Waals surface area contributed by atoms with Gasteiger partial charge in [-0.15, -0.1) is 0 Å². The Bertz CT molecular complexity index is 751. The predicted octanol–water partition coefficient (Wildman–Crippen LogP) is 4.58. The van der Waals surface area contributed by atoms with Gasteiger partial charge in [-0.2, -0.15) is 0 Å². The molecule has 0 aliphatic carbocycles. The third-order valence-corrected chi connectivity index (χ3v) is 3.64. The van der Waals surface area contributed by atoms with Crippen LogP contribution in [0, 0.1) is 0 Å². The lowest BCUT2D eigenvalue weighted by atomic mass is 9.97. The maximum atomic E-state index is 4.51. The van der Waals surface area contributed by atoms with Crippen LogP contribution >= 0.6 is 0 Å². The van der Waals surface area contributed by atoms with Gasteiger partial charge in [-0.25, -0.2) is 0 Å². The fourth-order valence-electron chi connectivity index (χ4n) is 2.71. The molecule has 0 aliphatic heterocycles. The smallest absolute Gasteiger partial charge is 0.0705 e. The van der Waals surface area contributed by atoms with Crippen LogP contribution in [0.2, 0.25) is 0 Å². The number of aromatic nitrogens is 2. The number of H-pyrrole nitrogens is 1. The summed E-state index contributed by atoms with van der Waals surface area (Å²) in [4.78, 5) is 8.04. The summed E-state index contributed by atoms with van der Waals surface area (Å²) in [7, 11) is 0. The average molecular weight is 262 g/mol. The van der Waals surface area contributed by atoms with Gasteiger partial charge in [-0.3, -0.25) is 4.98 Å². The quantitative estimate of drug-likeness (QED) is 0.735. The molecular weight excluding hydrogens is 244 g/mol. The number of pyridine rings is 1. The molecule has 3 rings (SSSR count). The second kappa shape index (κ2) is 5.33. The second-order valence-corrected chi connectivity index (χ2v) is 4.80. The SMILES string of the molecule is C/C=C(\c1ccccn1)c1c(CC)[nH]c2ccccc12. The number of nitrogens with zero attached hydrogens (tertiary/aromatic N) is 1. The molecule has 0 aliphatic rings. The Kier molecular flexibility index (Phi) is 3.38. The van der Waals surface area contributed by atoms with Gasteiger partial charge in [0.1, 0.15) is 0 Å². The summed E-state index contributed by atoms with van der Waals surface area (Å²) in [5, 5.41) is 1.27. The van der Waals surface area contributed by atoms with Crippen LogP contribution in [0.25, 0.3) is 16.5 Å². The fourth-order valence-corrected chi connectivity index (χ4v) is 2.71. The molecule has 0 saturated carbocycles. The molecule has 0 bridgehead atoms. The number of aromatic amines is 1. The van der Waals surface area contributed by atoms with Crippen molar-refractivity contribution in [1.82, 2.24) is 9.97 Å². The van der Waals surface area contributed by atoms with Gasteiger partial charge in [0.25, 0.3) is 0 Å². The summed E-state index contributed by atoms with van der Waals surface area (Å²) in [6.45, 7) is 4.26. The highest BCUT2D eigenvalue weighted by Crippen LogP contribution is 2.32. The fraction of sp³-hybridized carbons (Fsp3) is 0.167. The number of nitrogens with one attached hydrogen (secondary N) is 1. The van der Waals surface area contributed by atoms with Crippen LogP contribution in [0.5, 0.6) is 0 Å². The van der Waals surface area contributed by atoms with E-state index in [0.717, 1.165) is 12.1 Å². The van der Waals surface area contributed by atoms with Crippen LogP contribution in [-0.4, -0.2) is 9.97 Å². The van der Waals surface area contributed by atoms with E-state index in [0.29, 0.717) is 0 Å².